The van der Waals surface area contributed by atoms with Crippen molar-refractivity contribution in [2.45, 2.75) is 97.0 Å². The minimum absolute atomic E-state index is 0.0521. The van der Waals surface area contributed by atoms with Gasteiger partial charge in [0.25, 0.3) is 0 Å². The molecule has 0 saturated heterocycles. The summed E-state index contributed by atoms with van der Waals surface area (Å²) < 4.78 is 77.1. The van der Waals surface area contributed by atoms with E-state index in [2.05, 4.69) is 6.92 Å². The number of rotatable bonds is 16. The van der Waals surface area contributed by atoms with E-state index < -0.39 is 52.7 Å². The first kappa shape index (κ1) is 28.8. The Morgan fingerprint density at radius 2 is 1.12 bits per heavy atom. The van der Waals surface area contributed by atoms with E-state index in [4.69, 9.17) is 9.47 Å². The number of esters is 2. The predicted octanol–water partition coefficient (Wildman–Crippen LogP) is 7.23. The van der Waals surface area contributed by atoms with Crippen LogP contribution in [0.1, 0.15) is 103 Å². The van der Waals surface area contributed by atoms with Crippen LogP contribution in [0.3, 0.4) is 0 Å². The Kier molecular flexibility index (Phi) is 13.6. The van der Waals surface area contributed by atoms with Crippen molar-refractivity contribution in [3.63, 3.8) is 0 Å². The van der Waals surface area contributed by atoms with E-state index in [1.54, 1.807) is 0 Å². The van der Waals surface area contributed by atoms with Gasteiger partial charge in [-0.3, -0.25) is 9.59 Å². The van der Waals surface area contributed by atoms with Crippen LogP contribution in [0.15, 0.2) is 0 Å². The van der Waals surface area contributed by atoms with Crippen molar-refractivity contribution >= 4 is 11.9 Å². The first-order valence-corrected chi connectivity index (χ1v) is 11.6. The molecule has 0 spiro atoms. The van der Waals surface area contributed by atoms with Gasteiger partial charge in [-0.2, -0.15) is 0 Å². The third kappa shape index (κ3) is 10.1. The van der Waals surface area contributed by atoms with Crippen LogP contribution in [0.2, 0.25) is 0 Å². The molecular weight excluding hydrogens is 447 g/mol. The predicted molar refractivity (Wildman–Crippen MR) is 113 cm³/mol. The number of unbranched alkanes of at least 4 members (excludes halogenated alkanes) is 8. The fourth-order valence-electron chi connectivity index (χ4n) is 3.34. The van der Waals surface area contributed by atoms with E-state index in [-0.39, 0.29) is 19.3 Å². The monoisotopic (exact) mass is 480 g/mol. The van der Waals surface area contributed by atoms with Gasteiger partial charge in [0.15, 0.2) is 23.3 Å². The van der Waals surface area contributed by atoms with E-state index in [9.17, 15) is 31.5 Å². The molecule has 0 saturated carbocycles. The highest BCUT2D eigenvalue weighted by Gasteiger charge is 2.30. The lowest BCUT2D eigenvalue weighted by Gasteiger charge is -2.16. The Labute approximate surface area is 191 Å². The molecule has 1 rings (SSSR count). The quantitative estimate of drug-likeness (QED) is 0.0823. The largest absolute Gasteiger partial charge is 0.466 e. The second-order valence-electron chi connectivity index (χ2n) is 8.02. The Bertz CT molecular complexity index is 741. The summed E-state index contributed by atoms with van der Waals surface area (Å²) in [5.41, 5.74) is -1.22. The van der Waals surface area contributed by atoms with Crippen LogP contribution in [-0.4, -0.2) is 18.5 Å². The number of hydrogen-bond donors (Lipinski definition) is 0. The molecule has 0 N–H and O–H groups in total. The van der Waals surface area contributed by atoms with Crippen LogP contribution in [0, 0.1) is 29.1 Å². The highest BCUT2D eigenvalue weighted by molar-refractivity contribution is 5.72. The lowest BCUT2D eigenvalue weighted by molar-refractivity contribution is -0.149. The minimum Gasteiger partial charge on any atom is -0.466 e. The van der Waals surface area contributed by atoms with E-state index >= 15 is 0 Å². The second-order valence-corrected chi connectivity index (χ2v) is 8.02. The molecule has 0 aliphatic heterocycles. The van der Waals surface area contributed by atoms with Gasteiger partial charge in [-0.05, 0) is 19.8 Å². The molecule has 33 heavy (non-hydrogen) atoms. The Hall–Kier alpha value is -2.19. The van der Waals surface area contributed by atoms with Crippen molar-refractivity contribution in [3.05, 3.63) is 34.6 Å². The van der Waals surface area contributed by atoms with Crippen LogP contribution in [0.5, 0.6) is 0 Å². The molecular formula is C24H33F5O4. The summed E-state index contributed by atoms with van der Waals surface area (Å²) in [5.74, 6) is -12.0. The van der Waals surface area contributed by atoms with Crippen molar-refractivity contribution in [1.29, 1.82) is 0 Å². The molecule has 0 aliphatic carbocycles. The summed E-state index contributed by atoms with van der Waals surface area (Å²) in [7, 11) is 0. The van der Waals surface area contributed by atoms with Crippen LogP contribution < -0.4 is 0 Å². The number of benzene rings is 1. The molecule has 4 nitrogen and oxygen atoms in total. The maximum atomic E-state index is 13.8. The van der Waals surface area contributed by atoms with Crippen LogP contribution in [0.4, 0.5) is 22.0 Å². The van der Waals surface area contributed by atoms with Gasteiger partial charge in [0, 0.05) is 12.8 Å². The molecule has 1 atom stereocenters. The lowest BCUT2D eigenvalue weighted by atomic mass is 10.1. The zero-order valence-corrected chi connectivity index (χ0v) is 19.3. The third-order valence-electron chi connectivity index (χ3n) is 5.23. The molecule has 1 aromatic carbocycles. The molecule has 0 fully saturated rings. The van der Waals surface area contributed by atoms with Crippen molar-refractivity contribution in [2.24, 2.45) is 0 Å². The van der Waals surface area contributed by atoms with Crippen molar-refractivity contribution in [3.8, 4) is 0 Å². The Balaban J connectivity index is 2.23. The Morgan fingerprint density at radius 1 is 0.667 bits per heavy atom. The average molecular weight is 481 g/mol. The van der Waals surface area contributed by atoms with Gasteiger partial charge in [-0.15, -0.1) is 0 Å². The van der Waals surface area contributed by atoms with E-state index in [1.807, 2.05) is 0 Å². The summed E-state index contributed by atoms with van der Waals surface area (Å²) in [5, 5.41) is 0. The van der Waals surface area contributed by atoms with Gasteiger partial charge >= 0.3 is 11.9 Å². The van der Waals surface area contributed by atoms with Gasteiger partial charge in [-0.1, -0.05) is 58.3 Å². The molecule has 0 bridgehead atoms. The highest BCUT2D eigenvalue weighted by Crippen LogP contribution is 2.29. The minimum atomic E-state index is -2.28. The number of ether oxygens (including phenoxy) is 2. The number of carbonyl (C=O) groups excluding carboxylic acids is 2. The van der Waals surface area contributed by atoms with Gasteiger partial charge in [0.05, 0.1) is 12.2 Å². The third-order valence-corrected chi connectivity index (χ3v) is 5.23. The Morgan fingerprint density at radius 3 is 1.67 bits per heavy atom. The van der Waals surface area contributed by atoms with Gasteiger partial charge < -0.3 is 9.47 Å². The summed E-state index contributed by atoms with van der Waals surface area (Å²) >= 11 is 0. The fraction of sp³-hybridized carbons (Fsp3) is 0.667. The number of carbonyl (C=O) groups is 2. The summed E-state index contributed by atoms with van der Waals surface area (Å²) in [6, 6.07) is 0. The van der Waals surface area contributed by atoms with Crippen molar-refractivity contribution in [1.82, 2.24) is 0 Å². The number of hydrogen-bond acceptors (Lipinski definition) is 4. The van der Waals surface area contributed by atoms with Gasteiger partial charge in [0.2, 0.25) is 5.82 Å². The molecule has 0 amide bonds. The molecule has 0 heterocycles. The van der Waals surface area contributed by atoms with Crippen molar-refractivity contribution in [2.75, 3.05) is 6.61 Å². The fourth-order valence-corrected chi connectivity index (χ4v) is 3.34. The number of halogens is 5. The molecule has 0 radical (unpaired) electrons. The van der Waals surface area contributed by atoms with Crippen molar-refractivity contribution < 1.29 is 41.0 Å². The molecule has 9 heteroatoms. The van der Waals surface area contributed by atoms with E-state index in [0.717, 1.165) is 26.2 Å². The van der Waals surface area contributed by atoms with Crippen LogP contribution in [-0.2, 0) is 19.1 Å². The zero-order valence-electron chi connectivity index (χ0n) is 19.3. The SMILES string of the molecule is CCCCCCCCCCCOC(=O)CCCC(=O)OC(C)c1c(F)c(F)c(F)c(F)c1F. The lowest BCUT2D eigenvalue weighted by Crippen LogP contribution is -2.15. The van der Waals surface area contributed by atoms with Gasteiger partial charge in [-0.25, -0.2) is 22.0 Å². The normalized spacial score (nSPS) is 12.0. The topological polar surface area (TPSA) is 52.6 Å². The molecule has 1 unspecified atom stereocenters. The summed E-state index contributed by atoms with van der Waals surface area (Å²) in [6.07, 6.45) is 8.31. The molecule has 1 aromatic rings. The molecule has 0 aliphatic rings. The molecule has 0 aromatic heterocycles. The van der Waals surface area contributed by atoms with E-state index in [1.165, 1.54) is 38.5 Å². The van der Waals surface area contributed by atoms with Gasteiger partial charge in [0.1, 0.15) is 6.10 Å². The zero-order chi connectivity index (χ0) is 24.8. The van der Waals surface area contributed by atoms with E-state index in [0.29, 0.717) is 6.61 Å². The second kappa shape index (κ2) is 15.6. The average Bonchev–Trinajstić information content (AvgIpc) is 2.77. The van der Waals surface area contributed by atoms with Crippen LogP contribution >= 0.6 is 0 Å². The molecule has 188 valence electrons. The maximum Gasteiger partial charge on any atom is 0.306 e. The van der Waals surface area contributed by atoms with Crippen LogP contribution in [0.25, 0.3) is 0 Å². The first-order valence-electron chi connectivity index (χ1n) is 11.6. The standard InChI is InChI=1S/C24H33F5O4/c1-3-4-5-6-7-8-9-10-11-15-32-17(30)13-12-14-18(31)33-16(2)19-20(25)22(27)24(29)23(28)21(19)26/h16H,3-15H2,1-2H3. The summed E-state index contributed by atoms with van der Waals surface area (Å²) in [6.45, 7) is 3.48. The first-order chi connectivity index (χ1) is 15.7. The smallest absolute Gasteiger partial charge is 0.306 e. The summed E-state index contributed by atoms with van der Waals surface area (Å²) in [4.78, 5) is 23.5. The highest BCUT2D eigenvalue weighted by atomic mass is 19.2. The maximum absolute atomic E-state index is 13.8.